The molecule has 0 unspecified atom stereocenters. The maximum absolute atomic E-state index is 12.8. The number of rotatable bonds is 3. The molecule has 1 saturated heterocycles. The van der Waals surface area contributed by atoms with Crippen LogP contribution in [-0.2, 0) is 12.8 Å². The predicted octanol–water partition coefficient (Wildman–Crippen LogP) is 1.79. The van der Waals surface area contributed by atoms with Crippen LogP contribution in [0.4, 0.5) is 5.95 Å². The van der Waals surface area contributed by atoms with E-state index in [1.165, 1.54) is 24.8 Å². The quantitative estimate of drug-likeness (QED) is 0.794. The monoisotopic (exact) mass is 392 g/mol. The zero-order valence-electron chi connectivity index (χ0n) is 16.8. The summed E-state index contributed by atoms with van der Waals surface area (Å²) in [5.74, 6) is 0.898. The van der Waals surface area contributed by atoms with E-state index in [1.54, 1.807) is 12.4 Å². The van der Waals surface area contributed by atoms with Crippen molar-refractivity contribution >= 4 is 11.9 Å². The third kappa shape index (κ3) is 3.83. The second-order valence-corrected chi connectivity index (χ2v) is 8.28. The number of amides is 1. The second-order valence-electron chi connectivity index (χ2n) is 8.28. The Hall–Kier alpha value is -2.54. The standard InChI is InChI=1S/C22H28N6O/c29-21(18-3-2-8-23-15-18)27-9-6-17-16-24-22(25-20(17)7-10-27)28-13-11-26(12-14-28)19-4-1-5-19/h2-3,8,15-16,19H,1,4-7,9-14H2. The lowest BCUT2D eigenvalue weighted by Crippen LogP contribution is -2.52. The van der Waals surface area contributed by atoms with E-state index in [9.17, 15) is 4.79 Å². The summed E-state index contributed by atoms with van der Waals surface area (Å²) in [5.41, 5.74) is 2.91. The number of carbonyl (C=O) groups excluding carboxylic acids is 1. The molecule has 1 amide bonds. The van der Waals surface area contributed by atoms with Crippen molar-refractivity contribution in [3.05, 3.63) is 47.5 Å². The molecule has 3 aliphatic rings. The molecule has 1 saturated carbocycles. The maximum atomic E-state index is 12.8. The summed E-state index contributed by atoms with van der Waals surface area (Å²) in [6.45, 7) is 5.61. The summed E-state index contributed by atoms with van der Waals surface area (Å²) >= 11 is 0. The normalized spacial score (nSPS) is 20.7. The van der Waals surface area contributed by atoms with Crippen molar-refractivity contribution in [2.45, 2.75) is 38.1 Å². The molecule has 4 heterocycles. The van der Waals surface area contributed by atoms with E-state index in [2.05, 4.69) is 19.8 Å². The maximum Gasteiger partial charge on any atom is 0.255 e. The Morgan fingerprint density at radius 3 is 2.55 bits per heavy atom. The van der Waals surface area contributed by atoms with Crippen LogP contribution >= 0.6 is 0 Å². The van der Waals surface area contributed by atoms with Gasteiger partial charge < -0.3 is 9.80 Å². The molecule has 152 valence electrons. The molecule has 2 aromatic heterocycles. The van der Waals surface area contributed by atoms with E-state index in [0.29, 0.717) is 18.7 Å². The van der Waals surface area contributed by atoms with Crippen LogP contribution < -0.4 is 4.90 Å². The Morgan fingerprint density at radius 1 is 1.00 bits per heavy atom. The van der Waals surface area contributed by atoms with Gasteiger partial charge in [-0.3, -0.25) is 14.7 Å². The smallest absolute Gasteiger partial charge is 0.255 e. The highest BCUT2D eigenvalue weighted by Gasteiger charge is 2.29. The molecule has 0 bridgehead atoms. The number of pyridine rings is 1. The van der Waals surface area contributed by atoms with E-state index in [0.717, 1.165) is 56.7 Å². The summed E-state index contributed by atoms with van der Waals surface area (Å²) in [5, 5.41) is 0. The molecule has 29 heavy (non-hydrogen) atoms. The third-order valence-corrected chi connectivity index (χ3v) is 6.59. The fraction of sp³-hybridized carbons (Fsp3) is 0.545. The van der Waals surface area contributed by atoms with Gasteiger partial charge in [-0.15, -0.1) is 0 Å². The first-order valence-corrected chi connectivity index (χ1v) is 10.8. The first-order valence-electron chi connectivity index (χ1n) is 10.8. The molecule has 0 spiro atoms. The van der Waals surface area contributed by atoms with Crippen molar-refractivity contribution in [2.24, 2.45) is 0 Å². The van der Waals surface area contributed by atoms with E-state index < -0.39 is 0 Å². The van der Waals surface area contributed by atoms with Crippen molar-refractivity contribution in [3.8, 4) is 0 Å². The van der Waals surface area contributed by atoms with E-state index in [1.807, 2.05) is 23.2 Å². The molecule has 1 aliphatic carbocycles. The number of aromatic nitrogens is 3. The Morgan fingerprint density at radius 2 is 1.83 bits per heavy atom. The number of fused-ring (bicyclic) bond motifs is 1. The Bertz CT molecular complexity index is 861. The van der Waals surface area contributed by atoms with Crippen molar-refractivity contribution in [3.63, 3.8) is 0 Å². The zero-order valence-corrected chi connectivity index (χ0v) is 16.8. The number of carbonyl (C=O) groups is 1. The van der Waals surface area contributed by atoms with Gasteiger partial charge in [-0.2, -0.15) is 0 Å². The highest BCUT2D eigenvalue weighted by atomic mass is 16.2. The van der Waals surface area contributed by atoms with Gasteiger partial charge in [-0.25, -0.2) is 9.97 Å². The fourth-order valence-corrected chi connectivity index (χ4v) is 4.53. The molecule has 7 nitrogen and oxygen atoms in total. The van der Waals surface area contributed by atoms with Gasteiger partial charge in [0.2, 0.25) is 5.95 Å². The predicted molar refractivity (Wildman–Crippen MR) is 111 cm³/mol. The average Bonchev–Trinajstić information content (AvgIpc) is 2.95. The zero-order chi connectivity index (χ0) is 19.6. The first-order chi connectivity index (χ1) is 14.3. The van der Waals surface area contributed by atoms with Crippen LogP contribution in [0, 0.1) is 0 Å². The number of nitrogens with zero attached hydrogens (tertiary/aromatic N) is 6. The van der Waals surface area contributed by atoms with Crippen LogP contribution in [0.2, 0.25) is 0 Å². The van der Waals surface area contributed by atoms with Crippen molar-refractivity contribution < 1.29 is 4.79 Å². The molecule has 2 aromatic rings. The fourth-order valence-electron chi connectivity index (χ4n) is 4.53. The van der Waals surface area contributed by atoms with Crippen LogP contribution in [0.3, 0.4) is 0 Å². The molecule has 2 aliphatic heterocycles. The molecular weight excluding hydrogens is 364 g/mol. The highest BCUT2D eigenvalue weighted by molar-refractivity contribution is 5.93. The number of hydrogen-bond donors (Lipinski definition) is 0. The van der Waals surface area contributed by atoms with E-state index in [4.69, 9.17) is 4.98 Å². The molecule has 0 atom stereocenters. The Balaban J connectivity index is 1.24. The van der Waals surface area contributed by atoms with Crippen molar-refractivity contribution in [2.75, 3.05) is 44.2 Å². The summed E-state index contributed by atoms with van der Waals surface area (Å²) < 4.78 is 0. The summed E-state index contributed by atoms with van der Waals surface area (Å²) in [6.07, 6.45) is 11.0. The minimum absolute atomic E-state index is 0.0474. The van der Waals surface area contributed by atoms with Gasteiger partial charge in [0.05, 0.1) is 11.3 Å². The van der Waals surface area contributed by atoms with Gasteiger partial charge in [-0.1, -0.05) is 6.42 Å². The van der Waals surface area contributed by atoms with Gasteiger partial charge in [-0.05, 0) is 37.0 Å². The first kappa shape index (κ1) is 18.5. The van der Waals surface area contributed by atoms with Crippen LogP contribution in [0.15, 0.2) is 30.7 Å². The minimum Gasteiger partial charge on any atom is -0.338 e. The Labute approximate surface area is 171 Å². The van der Waals surface area contributed by atoms with E-state index in [-0.39, 0.29) is 5.91 Å². The van der Waals surface area contributed by atoms with Gasteiger partial charge in [0, 0.05) is 70.3 Å². The molecule has 0 aromatic carbocycles. The van der Waals surface area contributed by atoms with Gasteiger partial charge in [0.1, 0.15) is 0 Å². The Kier molecular flexibility index (Phi) is 5.14. The van der Waals surface area contributed by atoms with Gasteiger partial charge in [0.25, 0.3) is 5.91 Å². The molecule has 7 heteroatoms. The lowest BCUT2D eigenvalue weighted by atomic mass is 9.91. The van der Waals surface area contributed by atoms with Crippen LogP contribution in [-0.4, -0.2) is 76.0 Å². The lowest BCUT2D eigenvalue weighted by Gasteiger charge is -2.43. The average molecular weight is 393 g/mol. The third-order valence-electron chi connectivity index (χ3n) is 6.59. The van der Waals surface area contributed by atoms with E-state index >= 15 is 0 Å². The topological polar surface area (TPSA) is 65.5 Å². The molecule has 5 rings (SSSR count). The van der Waals surface area contributed by atoms with Crippen LogP contribution in [0.5, 0.6) is 0 Å². The second kappa shape index (κ2) is 8.06. The molecule has 2 fully saturated rings. The highest BCUT2D eigenvalue weighted by Crippen LogP contribution is 2.26. The summed E-state index contributed by atoms with van der Waals surface area (Å²) in [7, 11) is 0. The molecule has 0 radical (unpaired) electrons. The molecular formula is C22H28N6O. The van der Waals surface area contributed by atoms with Gasteiger partial charge in [0.15, 0.2) is 0 Å². The number of anilines is 1. The SMILES string of the molecule is O=C(c1cccnc1)N1CCc2cnc(N3CCN(C4CCC4)CC3)nc2CC1. The lowest BCUT2D eigenvalue weighted by molar-refractivity contribution is 0.0762. The number of piperazine rings is 1. The number of hydrogen-bond acceptors (Lipinski definition) is 6. The summed E-state index contributed by atoms with van der Waals surface area (Å²) in [6, 6.07) is 4.45. The largest absolute Gasteiger partial charge is 0.338 e. The van der Waals surface area contributed by atoms with Crippen molar-refractivity contribution in [1.82, 2.24) is 24.8 Å². The van der Waals surface area contributed by atoms with Crippen LogP contribution in [0.25, 0.3) is 0 Å². The molecule has 0 N–H and O–H groups in total. The van der Waals surface area contributed by atoms with Crippen molar-refractivity contribution in [1.29, 1.82) is 0 Å². The minimum atomic E-state index is 0.0474. The summed E-state index contributed by atoms with van der Waals surface area (Å²) in [4.78, 5) is 33.3. The van der Waals surface area contributed by atoms with Crippen LogP contribution in [0.1, 0.15) is 40.9 Å². The van der Waals surface area contributed by atoms with Gasteiger partial charge >= 0.3 is 0 Å².